The second kappa shape index (κ2) is 9.28. The van der Waals surface area contributed by atoms with Crippen molar-refractivity contribution in [2.45, 2.75) is 31.7 Å². The lowest BCUT2D eigenvalue weighted by Crippen LogP contribution is -2.46. The van der Waals surface area contributed by atoms with Crippen LogP contribution in [-0.2, 0) is 21.5 Å². The summed E-state index contributed by atoms with van der Waals surface area (Å²) in [5.41, 5.74) is 2.05. The highest BCUT2D eigenvalue weighted by atomic mass is 16.2. The molecule has 2 N–H and O–H groups in total. The number of carbonyl (C=O) groups is 3. The average Bonchev–Trinajstić information content (AvgIpc) is 3.05. The molecule has 6 nitrogen and oxygen atoms in total. The van der Waals surface area contributed by atoms with Gasteiger partial charge in [0, 0.05) is 12.1 Å². The molecule has 33 heavy (non-hydrogen) atoms. The topological polar surface area (TPSA) is 78.5 Å². The molecule has 1 aliphatic rings. The number of anilines is 1. The first-order valence-electron chi connectivity index (χ1n) is 11.0. The lowest BCUT2D eigenvalue weighted by Gasteiger charge is -2.27. The maximum absolute atomic E-state index is 13.6. The molecule has 1 saturated heterocycles. The number of imide groups is 1. The fourth-order valence-corrected chi connectivity index (χ4v) is 4.13. The number of benzene rings is 3. The number of urea groups is 1. The standard InChI is InChI=1S/C27H27N3O3/c1-19(2)21-12-9-15-23(16-21)28-24(31)18-30-25(32)27(29-26(30)33,22-13-7-4-8-14-22)17-20-10-5-3-6-11-20/h3-16,19H,17-18H2,1-2H3,(H,28,31)(H,29,33). The summed E-state index contributed by atoms with van der Waals surface area (Å²) in [6.45, 7) is 3.79. The monoisotopic (exact) mass is 441 g/mol. The van der Waals surface area contributed by atoms with Gasteiger partial charge in [0.25, 0.3) is 5.91 Å². The van der Waals surface area contributed by atoms with Crippen LogP contribution in [0.3, 0.4) is 0 Å². The van der Waals surface area contributed by atoms with Crippen molar-refractivity contribution in [2.75, 3.05) is 11.9 Å². The first-order valence-corrected chi connectivity index (χ1v) is 11.0. The van der Waals surface area contributed by atoms with Crippen molar-refractivity contribution in [3.05, 3.63) is 102 Å². The number of nitrogens with zero attached hydrogens (tertiary/aromatic N) is 1. The van der Waals surface area contributed by atoms with E-state index in [4.69, 9.17) is 0 Å². The molecule has 1 unspecified atom stereocenters. The highest BCUT2D eigenvalue weighted by Gasteiger charge is 2.52. The predicted molar refractivity (Wildman–Crippen MR) is 128 cm³/mol. The van der Waals surface area contributed by atoms with E-state index in [1.54, 1.807) is 6.07 Å². The molecule has 4 amide bonds. The van der Waals surface area contributed by atoms with Crippen LogP contribution in [0.2, 0.25) is 0 Å². The number of rotatable bonds is 7. The van der Waals surface area contributed by atoms with E-state index in [1.807, 2.05) is 78.9 Å². The van der Waals surface area contributed by atoms with Gasteiger partial charge in [-0.2, -0.15) is 0 Å². The lowest BCUT2D eigenvalue weighted by atomic mass is 9.83. The van der Waals surface area contributed by atoms with Crippen molar-refractivity contribution in [3.8, 4) is 0 Å². The zero-order valence-electron chi connectivity index (χ0n) is 18.7. The van der Waals surface area contributed by atoms with Crippen LogP contribution in [0, 0.1) is 0 Å². The molecule has 0 spiro atoms. The SMILES string of the molecule is CC(C)c1cccc(NC(=O)CN2C(=O)NC(Cc3ccccc3)(c3ccccc3)C2=O)c1. The molecule has 1 fully saturated rings. The van der Waals surface area contributed by atoms with Crippen molar-refractivity contribution in [1.82, 2.24) is 10.2 Å². The Hall–Kier alpha value is -3.93. The first kappa shape index (κ1) is 22.3. The van der Waals surface area contributed by atoms with Crippen LogP contribution >= 0.6 is 0 Å². The van der Waals surface area contributed by atoms with Gasteiger partial charge in [-0.3, -0.25) is 14.5 Å². The van der Waals surface area contributed by atoms with Gasteiger partial charge < -0.3 is 10.6 Å². The van der Waals surface area contributed by atoms with Crippen LogP contribution in [0.15, 0.2) is 84.9 Å². The average molecular weight is 442 g/mol. The summed E-state index contributed by atoms with van der Waals surface area (Å²) in [4.78, 5) is 40.3. The van der Waals surface area contributed by atoms with E-state index in [2.05, 4.69) is 24.5 Å². The fourth-order valence-electron chi connectivity index (χ4n) is 4.13. The Balaban J connectivity index is 1.57. The summed E-state index contributed by atoms with van der Waals surface area (Å²) in [6, 6.07) is 25.7. The third-order valence-corrected chi connectivity index (χ3v) is 5.89. The first-order chi connectivity index (χ1) is 15.9. The van der Waals surface area contributed by atoms with Crippen molar-refractivity contribution in [3.63, 3.8) is 0 Å². The zero-order chi connectivity index (χ0) is 23.4. The van der Waals surface area contributed by atoms with Crippen LogP contribution < -0.4 is 10.6 Å². The van der Waals surface area contributed by atoms with Crippen LogP contribution in [0.4, 0.5) is 10.5 Å². The Labute approximate surface area is 193 Å². The Kier molecular flexibility index (Phi) is 6.27. The summed E-state index contributed by atoms with van der Waals surface area (Å²) < 4.78 is 0. The predicted octanol–water partition coefficient (Wildman–Crippen LogP) is 4.44. The second-order valence-electron chi connectivity index (χ2n) is 8.58. The molecular formula is C27H27N3O3. The molecule has 168 valence electrons. The summed E-state index contributed by atoms with van der Waals surface area (Å²) in [7, 11) is 0. The molecule has 1 heterocycles. The molecule has 0 aliphatic carbocycles. The summed E-state index contributed by atoms with van der Waals surface area (Å²) in [5.74, 6) is -0.547. The van der Waals surface area contributed by atoms with E-state index < -0.39 is 23.4 Å². The van der Waals surface area contributed by atoms with E-state index >= 15 is 0 Å². The molecule has 0 saturated carbocycles. The lowest BCUT2D eigenvalue weighted by molar-refractivity contribution is -0.134. The van der Waals surface area contributed by atoms with Gasteiger partial charge in [0.15, 0.2) is 5.54 Å². The van der Waals surface area contributed by atoms with E-state index in [9.17, 15) is 14.4 Å². The van der Waals surface area contributed by atoms with Gasteiger partial charge in [-0.1, -0.05) is 86.6 Å². The quantitative estimate of drug-likeness (QED) is 0.532. The van der Waals surface area contributed by atoms with Crippen molar-refractivity contribution < 1.29 is 14.4 Å². The maximum atomic E-state index is 13.6. The highest BCUT2D eigenvalue weighted by molar-refractivity contribution is 6.10. The van der Waals surface area contributed by atoms with Gasteiger partial charge in [0.05, 0.1) is 0 Å². The van der Waals surface area contributed by atoms with E-state index in [-0.39, 0.29) is 13.0 Å². The number of carbonyl (C=O) groups excluding carboxylic acids is 3. The highest BCUT2D eigenvalue weighted by Crippen LogP contribution is 2.33. The fraction of sp³-hybridized carbons (Fsp3) is 0.222. The van der Waals surface area contributed by atoms with Crippen molar-refractivity contribution >= 4 is 23.5 Å². The largest absolute Gasteiger partial charge is 0.325 e. The molecule has 0 aromatic heterocycles. The number of nitrogens with one attached hydrogen (secondary N) is 2. The Bertz CT molecular complexity index is 1160. The minimum atomic E-state index is -1.27. The molecule has 1 atom stereocenters. The molecule has 6 heteroatoms. The van der Waals surface area contributed by atoms with E-state index in [1.165, 1.54) is 0 Å². The molecule has 4 rings (SSSR count). The molecule has 0 radical (unpaired) electrons. The number of amides is 4. The molecule has 3 aromatic carbocycles. The Morgan fingerprint density at radius 2 is 1.61 bits per heavy atom. The normalized spacial score (nSPS) is 17.8. The Morgan fingerprint density at radius 3 is 2.27 bits per heavy atom. The van der Waals surface area contributed by atoms with Crippen molar-refractivity contribution in [2.24, 2.45) is 0 Å². The van der Waals surface area contributed by atoms with Crippen molar-refractivity contribution in [1.29, 1.82) is 0 Å². The summed E-state index contributed by atoms with van der Waals surface area (Å²) in [5, 5.41) is 5.69. The zero-order valence-corrected chi connectivity index (χ0v) is 18.7. The van der Waals surface area contributed by atoms with E-state index in [0.29, 0.717) is 17.2 Å². The number of hydrogen-bond acceptors (Lipinski definition) is 3. The van der Waals surface area contributed by atoms with Crippen LogP contribution in [0.25, 0.3) is 0 Å². The summed E-state index contributed by atoms with van der Waals surface area (Å²) in [6.07, 6.45) is 0.289. The second-order valence-corrected chi connectivity index (χ2v) is 8.58. The minimum absolute atomic E-state index is 0.289. The molecule has 0 bridgehead atoms. The minimum Gasteiger partial charge on any atom is -0.325 e. The van der Waals surface area contributed by atoms with Gasteiger partial charge in [-0.15, -0.1) is 0 Å². The summed E-state index contributed by atoms with van der Waals surface area (Å²) >= 11 is 0. The van der Waals surface area contributed by atoms with Gasteiger partial charge in [-0.05, 0) is 34.7 Å². The number of hydrogen-bond donors (Lipinski definition) is 2. The maximum Gasteiger partial charge on any atom is 0.325 e. The third kappa shape index (κ3) is 4.65. The van der Waals surface area contributed by atoms with Crippen LogP contribution in [-0.4, -0.2) is 29.3 Å². The van der Waals surface area contributed by atoms with Gasteiger partial charge in [0.2, 0.25) is 5.91 Å². The van der Waals surface area contributed by atoms with Gasteiger partial charge >= 0.3 is 6.03 Å². The Morgan fingerprint density at radius 1 is 0.939 bits per heavy atom. The van der Waals surface area contributed by atoms with Crippen LogP contribution in [0.5, 0.6) is 0 Å². The van der Waals surface area contributed by atoms with E-state index in [0.717, 1.165) is 16.0 Å². The van der Waals surface area contributed by atoms with Crippen LogP contribution in [0.1, 0.15) is 36.5 Å². The molecule has 1 aliphatic heterocycles. The van der Waals surface area contributed by atoms with Gasteiger partial charge in [0.1, 0.15) is 6.54 Å². The third-order valence-electron chi connectivity index (χ3n) is 5.89. The molecule has 3 aromatic rings. The molecular weight excluding hydrogens is 414 g/mol. The van der Waals surface area contributed by atoms with Gasteiger partial charge in [-0.25, -0.2) is 4.79 Å². The smallest absolute Gasteiger partial charge is 0.325 e.